The first kappa shape index (κ1) is 15.4. The number of aliphatic hydroxyl groups is 2. The van der Waals surface area contributed by atoms with Crippen LogP contribution in [0.25, 0.3) is 0 Å². The van der Waals surface area contributed by atoms with Crippen molar-refractivity contribution in [3.63, 3.8) is 0 Å². The predicted octanol–water partition coefficient (Wildman–Crippen LogP) is 0.347. The molecule has 0 aromatic heterocycles. The second kappa shape index (κ2) is 6.34. The maximum Gasteiger partial charge on any atom is 0.217 e. The van der Waals surface area contributed by atoms with E-state index in [2.05, 4.69) is 5.32 Å². The van der Waals surface area contributed by atoms with Gasteiger partial charge in [0.2, 0.25) is 5.91 Å². The lowest BCUT2D eigenvalue weighted by atomic mass is 9.79. The number of carbonyl (C=O) groups excluding carboxylic acids is 1. The van der Waals surface area contributed by atoms with Crippen LogP contribution in [-0.4, -0.2) is 47.1 Å². The normalized spacial score (nSPS) is 38.1. The van der Waals surface area contributed by atoms with Crippen LogP contribution in [0.1, 0.15) is 25.2 Å². The predicted molar refractivity (Wildman–Crippen MR) is 77.7 cm³/mol. The fourth-order valence-electron chi connectivity index (χ4n) is 3.25. The van der Waals surface area contributed by atoms with Crippen LogP contribution in [0.3, 0.4) is 0 Å². The molecule has 1 aliphatic carbocycles. The van der Waals surface area contributed by atoms with E-state index in [0.29, 0.717) is 13.0 Å². The summed E-state index contributed by atoms with van der Waals surface area (Å²) in [6, 6.07) is 8.80. The highest BCUT2D eigenvalue weighted by Gasteiger charge is 2.48. The molecule has 1 aliphatic heterocycles. The first-order chi connectivity index (χ1) is 10.6. The number of ether oxygens (including phenoxy) is 2. The number of hydrogen-bond acceptors (Lipinski definition) is 5. The van der Waals surface area contributed by atoms with Crippen LogP contribution in [0.2, 0.25) is 0 Å². The van der Waals surface area contributed by atoms with Gasteiger partial charge in [-0.05, 0) is 6.42 Å². The fourth-order valence-corrected chi connectivity index (χ4v) is 3.25. The van der Waals surface area contributed by atoms with E-state index in [1.807, 2.05) is 30.3 Å². The van der Waals surface area contributed by atoms with E-state index >= 15 is 0 Å². The largest absolute Gasteiger partial charge is 0.391 e. The zero-order chi connectivity index (χ0) is 15.7. The van der Waals surface area contributed by atoms with Crippen LogP contribution in [0.5, 0.6) is 0 Å². The van der Waals surface area contributed by atoms with Crippen molar-refractivity contribution in [3.05, 3.63) is 35.9 Å². The Balaban J connectivity index is 1.75. The molecule has 0 bridgehead atoms. The molecule has 2 aliphatic rings. The van der Waals surface area contributed by atoms with Gasteiger partial charge in [-0.15, -0.1) is 0 Å². The van der Waals surface area contributed by atoms with Crippen molar-refractivity contribution in [3.8, 4) is 0 Å². The summed E-state index contributed by atoms with van der Waals surface area (Å²) in [4.78, 5) is 11.3. The first-order valence-corrected chi connectivity index (χ1v) is 7.51. The van der Waals surface area contributed by atoms with Crippen LogP contribution in [0, 0.1) is 5.92 Å². The molecular formula is C16H21NO5. The molecule has 0 radical (unpaired) electrons. The molecular weight excluding hydrogens is 286 g/mol. The highest BCUT2D eigenvalue weighted by molar-refractivity contribution is 5.73. The van der Waals surface area contributed by atoms with Crippen LogP contribution < -0.4 is 5.32 Å². The molecule has 6 nitrogen and oxygen atoms in total. The van der Waals surface area contributed by atoms with Crippen molar-refractivity contribution in [2.45, 2.75) is 44.0 Å². The third kappa shape index (κ3) is 3.01. The average Bonchev–Trinajstić information content (AvgIpc) is 2.52. The summed E-state index contributed by atoms with van der Waals surface area (Å²) in [7, 11) is 0. The van der Waals surface area contributed by atoms with E-state index in [4.69, 9.17) is 9.47 Å². The summed E-state index contributed by atoms with van der Waals surface area (Å²) >= 11 is 0. The van der Waals surface area contributed by atoms with Gasteiger partial charge in [0.15, 0.2) is 6.29 Å². The van der Waals surface area contributed by atoms with Gasteiger partial charge < -0.3 is 25.0 Å². The van der Waals surface area contributed by atoms with Crippen molar-refractivity contribution in [1.82, 2.24) is 5.32 Å². The molecule has 3 rings (SSSR count). The zero-order valence-corrected chi connectivity index (χ0v) is 12.4. The quantitative estimate of drug-likeness (QED) is 0.734. The smallest absolute Gasteiger partial charge is 0.217 e. The number of aliphatic hydroxyl groups excluding tert-OH is 2. The van der Waals surface area contributed by atoms with Crippen LogP contribution in [-0.2, 0) is 14.3 Å². The maximum atomic E-state index is 11.3. The molecule has 1 aromatic carbocycles. The van der Waals surface area contributed by atoms with Gasteiger partial charge in [-0.3, -0.25) is 4.79 Å². The highest BCUT2D eigenvalue weighted by Crippen LogP contribution is 2.37. The molecule has 22 heavy (non-hydrogen) atoms. The number of amides is 1. The molecule has 1 aromatic rings. The lowest BCUT2D eigenvalue weighted by Gasteiger charge is -2.47. The van der Waals surface area contributed by atoms with Gasteiger partial charge in [-0.2, -0.15) is 0 Å². The monoisotopic (exact) mass is 307 g/mol. The van der Waals surface area contributed by atoms with Crippen molar-refractivity contribution in [1.29, 1.82) is 0 Å². The first-order valence-electron chi connectivity index (χ1n) is 7.51. The molecule has 3 N–H and O–H groups in total. The average molecular weight is 307 g/mol. The summed E-state index contributed by atoms with van der Waals surface area (Å²) in [5, 5.41) is 23.2. The number of benzene rings is 1. The Labute approximate surface area is 129 Å². The van der Waals surface area contributed by atoms with Gasteiger partial charge in [-0.25, -0.2) is 0 Å². The molecule has 1 unspecified atom stereocenters. The molecule has 1 amide bonds. The summed E-state index contributed by atoms with van der Waals surface area (Å²) in [5.41, 5.74) is 0.885. The lowest BCUT2D eigenvalue weighted by Crippen LogP contribution is -2.63. The summed E-state index contributed by atoms with van der Waals surface area (Å²) in [6.45, 7) is 1.77. The lowest BCUT2D eigenvalue weighted by molar-refractivity contribution is -0.280. The van der Waals surface area contributed by atoms with Crippen LogP contribution in [0.15, 0.2) is 30.3 Å². The Morgan fingerprint density at radius 3 is 2.68 bits per heavy atom. The van der Waals surface area contributed by atoms with E-state index < -0.39 is 30.6 Å². The minimum Gasteiger partial charge on any atom is -0.391 e. The molecule has 120 valence electrons. The van der Waals surface area contributed by atoms with Crippen molar-refractivity contribution in [2.75, 3.05) is 6.61 Å². The van der Waals surface area contributed by atoms with Gasteiger partial charge in [0.05, 0.1) is 24.9 Å². The number of fused-ring (bicyclic) bond motifs is 1. The maximum absolute atomic E-state index is 11.3. The topological polar surface area (TPSA) is 88.0 Å². The van der Waals surface area contributed by atoms with Gasteiger partial charge in [-0.1, -0.05) is 30.3 Å². The minimum atomic E-state index is -0.965. The molecule has 6 heteroatoms. The van der Waals surface area contributed by atoms with Crippen molar-refractivity contribution >= 4 is 5.91 Å². The number of rotatable bonds is 2. The summed E-state index contributed by atoms with van der Waals surface area (Å²) in [6.07, 6.45) is -2.35. The third-order valence-electron chi connectivity index (χ3n) is 4.31. The minimum absolute atomic E-state index is 0.0880. The van der Waals surface area contributed by atoms with Gasteiger partial charge in [0.25, 0.3) is 0 Å². The van der Waals surface area contributed by atoms with Gasteiger partial charge >= 0.3 is 0 Å². The van der Waals surface area contributed by atoms with Crippen LogP contribution >= 0.6 is 0 Å². The zero-order valence-electron chi connectivity index (χ0n) is 12.4. The van der Waals surface area contributed by atoms with E-state index in [1.165, 1.54) is 6.92 Å². The molecule has 1 saturated carbocycles. The molecule has 2 fully saturated rings. The summed E-state index contributed by atoms with van der Waals surface area (Å²) in [5.74, 6) is -0.372. The van der Waals surface area contributed by atoms with E-state index in [-0.39, 0.29) is 11.8 Å². The standard InChI is InChI=1S/C16H21NO5/c1-9(18)17-13-12(19)7-11-8-21-16(22-15(11)14(13)20)10-5-3-2-4-6-10/h2-6,11-16,19-20H,7-8H2,1H3,(H,17,18)/t11-,12?,13+,14-,15-,16-/m1/s1. The van der Waals surface area contributed by atoms with Gasteiger partial charge in [0.1, 0.15) is 6.10 Å². The molecule has 1 saturated heterocycles. The highest BCUT2D eigenvalue weighted by atomic mass is 16.7. The Bertz CT molecular complexity index is 523. The second-order valence-electron chi connectivity index (χ2n) is 5.96. The van der Waals surface area contributed by atoms with Crippen LogP contribution in [0.4, 0.5) is 0 Å². The SMILES string of the molecule is CC(=O)N[C@H]1C(O)C[C@@H]2CO[C@@H](c3ccccc3)O[C@H]2[C@@H]1O. The third-order valence-corrected chi connectivity index (χ3v) is 4.31. The Kier molecular flexibility index (Phi) is 4.44. The Morgan fingerprint density at radius 2 is 2.00 bits per heavy atom. The van der Waals surface area contributed by atoms with E-state index in [1.54, 1.807) is 0 Å². The van der Waals surface area contributed by atoms with Crippen molar-refractivity contribution < 1.29 is 24.5 Å². The number of carbonyl (C=O) groups is 1. The second-order valence-corrected chi connectivity index (χ2v) is 5.96. The molecule has 0 spiro atoms. The Hall–Kier alpha value is -1.47. The molecule has 1 heterocycles. The van der Waals surface area contributed by atoms with Crippen molar-refractivity contribution in [2.24, 2.45) is 5.92 Å². The number of hydrogen-bond donors (Lipinski definition) is 3. The van der Waals surface area contributed by atoms with E-state index in [0.717, 1.165) is 5.56 Å². The fraction of sp³-hybridized carbons (Fsp3) is 0.562. The summed E-state index contributed by atoms with van der Waals surface area (Å²) < 4.78 is 11.6. The Morgan fingerprint density at radius 1 is 1.27 bits per heavy atom. The number of nitrogens with one attached hydrogen (secondary N) is 1. The molecule has 6 atom stereocenters. The van der Waals surface area contributed by atoms with Gasteiger partial charge in [0, 0.05) is 18.4 Å². The van der Waals surface area contributed by atoms with E-state index in [9.17, 15) is 15.0 Å².